The van der Waals surface area contributed by atoms with Crippen LogP contribution in [0.4, 0.5) is 4.39 Å². The summed E-state index contributed by atoms with van der Waals surface area (Å²) in [5.74, 6) is 1.43. The summed E-state index contributed by atoms with van der Waals surface area (Å²) < 4.78 is 21.5. The third-order valence-corrected chi connectivity index (χ3v) is 4.44. The van der Waals surface area contributed by atoms with Gasteiger partial charge >= 0.3 is 0 Å². The largest absolute Gasteiger partial charge is 0.486 e. The number of hydrogen-bond acceptors (Lipinski definition) is 3. The number of imidazole rings is 1. The topological polar surface area (TPSA) is 63.5 Å². The van der Waals surface area contributed by atoms with Crippen molar-refractivity contribution in [2.45, 2.75) is 33.0 Å². The Labute approximate surface area is 200 Å². The number of nitrogens with zero attached hydrogens (tertiary/aromatic N) is 3. The Balaban J connectivity index is 0.00000341. The fourth-order valence-corrected chi connectivity index (χ4v) is 2.95. The molecule has 166 valence electrons. The highest BCUT2D eigenvalue weighted by atomic mass is 127. The summed E-state index contributed by atoms with van der Waals surface area (Å²) in [7, 11) is 0. The monoisotopic (exact) mass is 537 g/mol. The molecule has 2 N–H and O–H groups in total. The van der Waals surface area contributed by atoms with Crippen molar-refractivity contribution < 1.29 is 9.13 Å². The van der Waals surface area contributed by atoms with Crippen LogP contribution >= 0.6 is 24.0 Å². The van der Waals surface area contributed by atoms with Crippen LogP contribution in [0.1, 0.15) is 25.2 Å². The van der Waals surface area contributed by atoms with Crippen LogP contribution in [-0.4, -0.2) is 34.7 Å². The zero-order chi connectivity index (χ0) is 21.2. The molecule has 0 aliphatic heterocycles. The number of benzene rings is 2. The highest BCUT2D eigenvalue weighted by molar-refractivity contribution is 14.0. The van der Waals surface area contributed by atoms with Crippen molar-refractivity contribution in [2.75, 3.05) is 13.1 Å². The summed E-state index contributed by atoms with van der Waals surface area (Å²) in [4.78, 5) is 9.08. The minimum atomic E-state index is -0.366. The number of guanidine groups is 1. The van der Waals surface area contributed by atoms with Gasteiger partial charge in [0.2, 0.25) is 0 Å². The Morgan fingerprint density at radius 3 is 2.61 bits per heavy atom. The molecule has 1 heterocycles. The minimum absolute atomic E-state index is 0. The first-order valence-corrected chi connectivity index (χ1v) is 10.1. The minimum Gasteiger partial charge on any atom is -0.486 e. The van der Waals surface area contributed by atoms with Crippen molar-refractivity contribution in [1.29, 1.82) is 0 Å². The number of ether oxygens (including phenoxy) is 1. The average Bonchev–Trinajstić information content (AvgIpc) is 3.19. The lowest BCUT2D eigenvalue weighted by Crippen LogP contribution is -2.41. The first-order valence-electron chi connectivity index (χ1n) is 10.1. The van der Waals surface area contributed by atoms with Gasteiger partial charge in [-0.2, -0.15) is 0 Å². The van der Waals surface area contributed by atoms with Gasteiger partial charge in [-0.3, -0.25) is 0 Å². The molecule has 0 aliphatic carbocycles. The molecule has 0 spiro atoms. The summed E-state index contributed by atoms with van der Waals surface area (Å²) in [5.41, 5.74) is 1.21. The lowest BCUT2D eigenvalue weighted by Gasteiger charge is -2.18. The van der Waals surface area contributed by atoms with Gasteiger partial charge in [0, 0.05) is 25.5 Å². The molecule has 0 bridgehead atoms. The maximum atomic E-state index is 13.8. The van der Waals surface area contributed by atoms with Gasteiger partial charge in [0.05, 0.1) is 6.54 Å². The lowest BCUT2D eigenvalue weighted by atomic mass is 10.2. The van der Waals surface area contributed by atoms with Crippen molar-refractivity contribution in [3.05, 3.63) is 84.2 Å². The molecule has 0 saturated heterocycles. The quantitative estimate of drug-likeness (QED) is 0.244. The molecule has 1 unspecified atom stereocenters. The standard InChI is InChI=1S/C23H28FN5O.HI/c1-3-25-23(27-15-18(2)30-21-12-8-7-11-20(21)24)28-16-22-26-13-14-29(22)17-19-9-5-4-6-10-19;/h4-14,18H,3,15-17H2,1-2H3,(H2,25,27,28);1H. The maximum Gasteiger partial charge on any atom is 0.191 e. The predicted octanol–water partition coefficient (Wildman–Crippen LogP) is 4.21. The third kappa shape index (κ3) is 7.86. The van der Waals surface area contributed by atoms with E-state index in [9.17, 15) is 4.39 Å². The molecule has 8 heteroatoms. The molecule has 0 amide bonds. The highest BCUT2D eigenvalue weighted by Gasteiger charge is 2.09. The zero-order valence-electron chi connectivity index (χ0n) is 17.8. The van der Waals surface area contributed by atoms with E-state index >= 15 is 0 Å². The van der Waals surface area contributed by atoms with E-state index in [1.165, 1.54) is 11.6 Å². The molecule has 0 fully saturated rings. The second-order valence-corrected chi connectivity index (χ2v) is 6.89. The molecule has 6 nitrogen and oxygen atoms in total. The van der Waals surface area contributed by atoms with Gasteiger partial charge in [0.1, 0.15) is 18.5 Å². The van der Waals surface area contributed by atoms with Gasteiger partial charge < -0.3 is 19.9 Å². The summed E-state index contributed by atoms with van der Waals surface area (Å²) in [6, 6.07) is 16.7. The molecule has 3 aromatic rings. The number of hydrogen-bond donors (Lipinski definition) is 2. The Bertz CT molecular complexity index is 948. The van der Waals surface area contributed by atoms with Gasteiger partial charge in [-0.25, -0.2) is 14.4 Å². The molecule has 1 atom stereocenters. The number of rotatable bonds is 9. The van der Waals surface area contributed by atoms with Crippen molar-refractivity contribution in [3.8, 4) is 5.75 Å². The third-order valence-electron chi connectivity index (χ3n) is 4.44. The van der Waals surface area contributed by atoms with Crippen LogP contribution in [-0.2, 0) is 13.1 Å². The molecule has 1 aromatic heterocycles. The number of aromatic nitrogens is 2. The van der Waals surface area contributed by atoms with Gasteiger partial charge in [-0.1, -0.05) is 42.5 Å². The molecule has 31 heavy (non-hydrogen) atoms. The summed E-state index contributed by atoms with van der Waals surface area (Å²) in [6.07, 6.45) is 3.52. The second kappa shape index (κ2) is 12.9. The number of para-hydroxylation sites is 1. The van der Waals surface area contributed by atoms with Crippen molar-refractivity contribution in [3.63, 3.8) is 0 Å². The first-order chi connectivity index (χ1) is 14.7. The summed E-state index contributed by atoms with van der Waals surface area (Å²) >= 11 is 0. The predicted molar refractivity (Wildman–Crippen MR) is 132 cm³/mol. The van der Waals surface area contributed by atoms with Gasteiger partial charge in [0.25, 0.3) is 0 Å². The van der Waals surface area contributed by atoms with Crippen LogP contribution in [0.25, 0.3) is 0 Å². The van der Waals surface area contributed by atoms with Crippen LogP contribution in [0.2, 0.25) is 0 Å². The highest BCUT2D eigenvalue weighted by Crippen LogP contribution is 2.16. The van der Waals surface area contributed by atoms with Crippen molar-refractivity contribution >= 4 is 29.9 Å². The average molecular weight is 537 g/mol. The van der Waals surface area contributed by atoms with E-state index in [0.29, 0.717) is 19.0 Å². The van der Waals surface area contributed by atoms with Gasteiger partial charge in [-0.05, 0) is 31.5 Å². The van der Waals surface area contributed by atoms with E-state index in [2.05, 4.69) is 37.3 Å². The van der Waals surface area contributed by atoms with Gasteiger partial charge in [0.15, 0.2) is 17.5 Å². The zero-order valence-corrected chi connectivity index (χ0v) is 20.1. The van der Waals surface area contributed by atoms with E-state index in [4.69, 9.17) is 4.74 Å². The maximum absolute atomic E-state index is 13.8. The molecule has 2 aromatic carbocycles. The Morgan fingerprint density at radius 1 is 1.13 bits per heavy atom. The van der Waals surface area contributed by atoms with Crippen molar-refractivity contribution in [1.82, 2.24) is 20.2 Å². The summed E-state index contributed by atoms with van der Waals surface area (Å²) in [6.45, 7) is 6.30. The molecule has 3 rings (SSSR count). The van der Waals surface area contributed by atoms with Crippen LogP contribution in [0, 0.1) is 5.82 Å². The Morgan fingerprint density at radius 2 is 1.87 bits per heavy atom. The SMILES string of the molecule is CCNC(=NCc1nccn1Cc1ccccc1)NCC(C)Oc1ccccc1F.I. The first kappa shape index (κ1) is 24.6. The molecule has 0 saturated carbocycles. The Hall–Kier alpha value is -2.62. The van der Waals surface area contributed by atoms with Crippen LogP contribution in [0.5, 0.6) is 5.75 Å². The molecule has 0 radical (unpaired) electrons. The second-order valence-electron chi connectivity index (χ2n) is 6.89. The van der Waals surface area contributed by atoms with E-state index in [0.717, 1.165) is 18.9 Å². The fraction of sp³-hybridized carbons (Fsp3) is 0.304. The van der Waals surface area contributed by atoms with E-state index in [-0.39, 0.29) is 41.6 Å². The Kier molecular flexibility index (Phi) is 10.3. The van der Waals surface area contributed by atoms with Crippen molar-refractivity contribution in [2.24, 2.45) is 4.99 Å². The number of halogens is 2. The fourth-order valence-electron chi connectivity index (χ4n) is 2.95. The van der Waals surface area contributed by atoms with Gasteiger partial charge in [-0.15, -0.1) is 24.0 Å². The number of nitrogens with one attached hydrogen (secondary N) is 2. The van der Waals surface area contributed by atoms with E-state index in [1.54, 1.807) is 24.4 Å². The summed E-state index contributed by atoms with van der Waals surface area (Å²) in [5, 5.41) is 6.46. The number of aliphatic imine (C=N–C) groups is 1. The molecular formula is C23H29FIN5O. The van der Waals surface area contributed by atoms with E-state index in [1.807, 2.05) is 38.2 Å². The van der Waals surface area contributed by atoms with Crippen LogP contribution < -0.4 is 15.4 Å². The molecular weight excluding hydrogens is 508 g/mol. The van der Waals surface area contributed by atoms with E-state index < -0.39 is 0 Å². The van der Waals surface area contributed by atoms with Crippen LogP contribution in [0.3, 0.4) is 0 Å². The molecule has 0 aliphatic rings. The van der Waals surface area contributed by atoms with Crippen LogP contribution in [0.15, 0.2) is 72.0 Å². The normalized spacial score (nSPS) is 12.0. The smallest absolute Gasteiger partial charge is 0.191 e. The lowest BCUT2D eigenvalue weighted by molar-refractivity contribution is 0.214.